The van der Waals surface area contributed by atoms with Gasteiger partial charge in [0.15, 0.2) is 5.78 Å². The molecule has 3 nitrogen and oxygen atoms in total. The van der Waals surface area contributed by atoms with Gasteiger partial charge in [-0.2, -0.15) is 0 Å². The first-order valence-electron chi connectivity index (χ1n) is 6.33. The SMILES string of the molecule is CC(C)(C)C(=O)CN1CC(C(C)(C)C)CC1=O. The van der Waals surface area contributed by atoms with Gasteiger partial charge in [0.25, 0.3) is 0 Å². The molecule has 1 atom stereocenters. The number of hydrogen-bond acceptors (Lipinski definition) is 2. The minimum atomic E-state index is -0.361. The summed E-state index contributed by atoms with van der Waals surface area (Å²) in [6.07, 6.45) is 0.584. The van der Waals surface area contributed by atoms with E-state index >= 15 is 0 Å². The van der Waals surface area contributed by atoms with E-state index in [2.05, 4.69) is 20.8 Å². The van der Waals surface area contributed by atoms with Gasteiger partial charge in [0, 0.05) is 18.4 Å². The van der Waals surface area contributed by atoms with Gasteiger partial charge in [-0.15, -0.1) is 0 Å². The van der Waals surface area contributed by atoms with Crippen LogP contribution in [0.25, 0.3) is 0 Å². The fourth-order valence-electron chi connectivity index (χ4n) is 1.92. The molecular weight excluding hydrogens is 214 g/mol. The van der Waals surface area contributed by atoms with Crippen LogP contribution in [0.2, 0.25) is 0 Å². The first-order valence-corrected chi connectivity index (χ1v) is 6.33. The third kappa shape index (κ3) is 3.55. The number of rotatable bonds is 2. The monoisotopic (exact) mass is 239 g/mol. The van der Waals surface area contributed by atoms with Gasteiger partial charge in [0.05, 0.1) is 6.54 Å². The molecule has 0 radical (unpaired) electrons. The molecular formula is C14H25NO2. The van der Waals surface area contributed by atoms with E-state index in [1.165, 1.54) is 0 Å². The Morgan fingerprint density at radius 3 is 2.12 bits per heavy atom. The summed E-state index contributed by atoms with van der Waals surface area (Å²) in [5.41, 5.74) is -0.227. The van der Waals surface area contributed by atoms with E-state index in [0.29, 0.717) is 12.3 Å². The lowest BCUT2D eigenvalue weighted by molar-refractivity contribution is -0.135. The van der Waals surface area contributed by atoms with E-state index < -0.39 is 0 Å². The molecule has 1 aliphatic heterocycles. The minimum absolute atomic E-state index is 0.127. The first kappa shape index (κ1) is 14.2. The van der Waals surface area contributed by atoms with Crippen molar-refractivity contribution in [2.45, 2.75) is 48.0 Å². The molecule has 1 amide bonds. The van der Waals surface area contributed by atoms with Crippen molar-refractivity contribution in [1.29, 1.82) is 0 Å². The van der Waals surface area contributed by atoms with Crippen LogP contribution < -0.4 is 0 Å². The van der Waals surface area contributed by atoms with Gasteiger partial charge in [0.2, 0.25) is 5.91 Å². The Morgan fingerprint density at radius 2 is 1.76 bits per heavy atom. The highest BCUT2D eigenvalue weighted by Gasteiger charge is 2.38. The topological polar surface area (TPSA) is 37.4 Å². The van der Waals surface area contributed by atoms with Gasteiger partial charge in [0.1, 0.15) is 0 Å². The molecule has 0 spiro atoms. The summed E-state index contributed by atoms with van der Waals surface area (Å²) < 4.78 is 0. The molecule has 0 aliphatic carbocycles. The Hall–Kier alpha value is -0.860. The average molecular weight is 239 g/mol. The number of carbonyl (C=O) groups is 2. The van der Waals surface area contributed by atoms with Crippen LogP contribution in [0.3, 0.4) is 0 Å². The van der Waals surface area contributed by atoms with E-state index in [-0.39, 0.29) is 29.1 Å². The molecule has 0 aromatic rings. The van der Waals surface area contributed by atoms with Gasteiger partial charge < -0.3 is 4.90 Å². The highest BCUT2D eigenvalue weighted by molar-refractivity contribution is 5.90. The minimum Gasteiger partial charge on any atom is -0.335 e. The number of hydrogen-bond donors (Lipinski definition) is 0. The molecule has 1 saturated heterocycles. The lowest BCUT2D eigenvalue weighted by Crippen LogP contribution is -2.37. The zero-order chi connectivity index (χ0) is 13.4. The number of Topliss-reactive ketones (excluding diaryl/α,β-unsaturated/α-hetero) is 1. The van der Waals surface area contributed by atoms with E-state index in [0.717, 1.165) is 6.54 Å². The molecule has 0 N–H and O–H groups in total. The molecule has 17 heavy (non-hydrogen) atoms. The van der Waals surface area contributed by atoms with Crippen LogP contribution in [0.1, 0.15) is 48.0 Å². The molecule has 0 aromatic carbocycles. The van der Waals surface area contributed by atoms with Gasteiger partial charge in [-0.1, -0.05) is 41.5 Å². The van der Waals surface area contributed by atoms with Crippen LogP contribution in [-0.2, 0) is 9.59 Å². The Kier molecular flexibility index (Phi) is 3.70. The van der Waals surface area contributed by atoms with Crippen molar-refractivity contribution in [3.05, 3.63) is 0 Å². The van der Waals surface area contributed by atoms with Crippen LogP contribution >= 0.6 is 0 Å². The molecule has 0 aromatic heterocycles. The second-order valence-corrected chi connectivity index (χ2v) is 7.21. The first-order chi connectivity index (χ1) is 7.51. The number of ketones is 1. The summed E-state index contributed by atoms with van der Waals surface area (Å²) in [6, 6.07) is 0. The van der Waals surface area contributed by atoms with Crippen molar-refractivity contribution in [2.24, 2.45) is 16.7 Å². The molecule has 1 heterocycles. The second-order valence-electron chi connectivity index (χ2n) is 7.21. The van der Waals surface area contributed by atoms with Crippen LogP contribution in [-0.4, -0.2) is 29.7 Å². The molecule has 0 bridgehead atoms. The maximum Gasteiger partial charge on any atom is 0.223 e. The van der Waals surface area contributed by atoms with Gasteiger partial charge in [-0.25, -0.2) is 0 Å². The fourth-order valence-corrected chi connectivity index (χ4v) is 1.92. The van der Waals surface area contributed by atoms with Crippen LogP contribution in [0.5, 0.6) is 0 Å². The van der Waals surface area contributed by atoms with Crippen molar-refractivity contribution in [1.82, 2.24) is 4.90 Å². The third-order valence-corrected chi connectivity index (χ3v) is 3.61. The molecule has 1 rings (SSSR count). The Bertz CT molecular complexity index is 320. The zero-order valence-corrected chi connectivity index (χ0v) is 12.0. The number of likely N-dealkylation sites (tertiary alicyclic amines) is 1. The summed E-state index contributed by atoms with van der Waals surface area (Å²) in [7, 11) is 0. The van der Waals surface area contributed by atoms with E-state index in [4.69, 9.17) is 0 Å². The fraction of sp³-hybridized carbons (Fsp3) is 0.857. The van der Waals surface area contributed by atoms with Crippen molar-refractivity contribution in [2.75, 3.05) is 13.1 Å². The maximum atomic E-state index is 11.9. The summed E-state index contributed by atoms with van der Waals surface area (Å²) in [4.78, 5) is 25.5. The largest absolute Gasteiger partial charge is 0.335 e. The number of nitrogens with zero attached hydrogens (tertiary/aromatic N) is 1. The van der Waals surface area contributed by atoms with Gasteiger partial charge in [-0.3, -0.25) is 9.59 Å². The van der Waals surface area contributed by atoms with Crippen LogP contribution in [0, 0.1) is 16.7 Å². The van der Waals surface area contributed by atoms with Gasteiger partial charge in [-0.05, 0) is 11.3 Å². The smallest absolute Gasteiger partial charge is 0.223 e. The van der Waals surface area contributed by atoms with Gasteiger partial charge >= 0.3 is 0 Å². The Morgan fingerprint density at radius 1 is 1.24 bits per heavy atom. The molecule has 3 heteroatoms. The third-order valence-electron chi connectivity index (χ3n) is 3.61. The lowest BCUT2D eigenvalue weighted by atomic mass is 9.80. The van der Waals surface area contributed by atoms with Crippen LogP contribution in [0.15, 0.2) is 0 Å². The van der Waals surface area contributed by atoms with Crippen molar-refractivity contribution < 1.29 is 9.59 Å². The predicted octanol–water partition coefficient (Wildman–Crippen LogP) is 2.50. The number of amides is 1. The molecule has 0 saturated carbocycles. The molecule has 1 fully saturated rings. The summed E-state index contributed by atoms with van der Waals surface area (Å²) >= 11 is 0. The van der Waals surface area contributed by atoms with Crippen LogP contribution in [0.4, 0.5) is 0 Å². The normalized spacial score (nSPS) is 22.1. The Balaban J connectivity index is 2.64. The van der Waals surface area contributed by atoms with Crippen molar-refractivity contribution in [3.8, 4) is 0 Å². The molecule has 98 valence electrons. The molecule has 1 unspecified atom stereocenters. The van der Waals surface area contributed by atoms with Crippen molar-refractivity contribution in [3.63, 3.8) is 0 Å². The van der Waals surface area contributed by atoms with Crippen molar-refractivity contribution >= 4 is 11.7 Å². The highest BCUT2D eigenvalue weighted by Crippen LogP contribution is 2.34. The standard InChI is InChI=1S/C14H25NO2/c1-13(2,3)10-7-12(17)15(8-10)9-11(16)14(4,5)6/h10H,7-9H2,1-6H3. The number of carbonyl (C=O) groups excluding carboxylic acids is 2. The quantitative estimate of drug-likeness (QED) is 0.742. The maximum absolute atomic E-state index is 11.9. The highest BCUT2D eigenvalue weighted by atomic mass is 16.2. The predicted molar refractivity (Wildman–Crippen MR) is 68.6 cm³/mol. The van der Waals surface area contributed by atoms with E-state index in [1.54, 1.807) is 4.90 Å². The van der Waals surface area contributed by atoms with E-state index in [1.807, 2.05) is 20.8 Å². The molecule has 1 aliphatic rings. The second kappa shape index (κ2) is 4.43. The van der Waals surface area contributed by atoms with E-state index in [9.17, 15) is 9.59 Å². The Labute approximate surface area is 105 Å². The summed E-state index contributed by atoms with van der Waals surface area (Å²) in [6.45, 7) is 13.2. The average Bonchev–Trinajstić information content (AvgIpc) is 2.45. The zero-order valence-electron chi connectivity index (χ0n) is 12.0. The lowest BCUT2D eigenvalue weighted by Gasteiger charge is -2.27. The summed E-state index contributed by atoms with van der Waals surface area (Å²) in [5, 5.41) is 0. The summed E-state index contributed by atoms with van der Waals surface area (Å²) in [5.74, 6) is 0.630.